The smallest absolute Gasteiger partial charge is 0.222 e. The normalized spacial score (nSPS) is 10.7. The molecule has 0 spiro atoms. The van der Waals surface area contributed by atoms with Gasteiger partial charge in [0, 0.05) is 26.8 Å². The second-order valence-corrected chi connectivity index (χ2v) is 7.01. The van der Waals surface area contributed by atoms with Crippen molar-refractivity contribution in [3.63, 3.8) is 0 Å². The predicted octanol–water partition coefficient (Wildman–Crippen LogP) is 6.19. The number of benzene rings is 2. The molecule has 0 saturated heterocycles. The van der Waals surface area contributed by atoms with Crippen LogP contribution in [0.3, 0.4) is 0 Å². The molecular formula is C16H10BrCl3N4. The molecule has 0 radical (unpaired) electrons. The van der Waals surface area contributed by atoms with Gasteiger partial charge in [-0.25, -0.2) is 4.98 Å². The second-order valence-electron chi connectivity index (χ2n) is 4.88. The standard InChI is InChI=1S/C16H10BrCl3N4/c17-8-1-3-10(4-2-8)22-14-7-13(23-16(21)24-14)11-5-9(18)6-12(19)15(11)20/h1-7H,(H3,21,22,23,24). The number of nitrogens with zero attached hydrogens (tertiary/aromatic N) is 2. The predicted molar refractivity (Wildman–Crippen MR) is 104 cm³/mol. The lowest BCUT2D eigenvalue weighted by molar-refractivity contribution is 1.19. The Kier molecular flexibility index (Phi) is 5.15. The molecule has 3 N–H and O–H groups in total. The summed E-state index contributed by atoms with van der Waals surface area (Å²) in [5, 5.41) is 4.33. The van der Waals surface area contributed by atoms with Crippen LogP contribution in [0.25, 0.3) is 11.3 Å². The molecule has 0 aliphatic heterocycles. The zero-order chi connectivity index (χ0) is 17.3. The first-order chi connectivity index (χ1) is 11.4. The number of rotatable bonds is 3. The maximum Gasteiger partial charge on any atom is 0.222 e. The number of nitrogens with one attached hydrogen (secondary N) is 1. The molecule has 1 heterocycles. The summed E-state index contributed by atoms with van der Waals surface area (Å²) in [6.07, 6.45) is 0. The number of hydrogen-bond donors (Lipinski definition) is 2. The molecule has 0 atom stereocenters. The quantitative estimate of drug-likeness (QED) is 0.473. The Hall–Kier alpha value is -1.53. The van der Waals surface area contributed by atoms with Crippen LogP contribution >= 0.6 is 50.7 Å². The minimum absolute atomic E-state index is 0.110. The molecule has 8 heteroatoms. The Bertz CT molecular complexity index is 901. The molecule has 0 fully saturated rings. The van der Waals surface area contributed by atoms with Crippen LogP contribution in [0.4, 0.5) is 17.5 Å². The van der Waals surface area contributed by atoms with Crippen LogP contribution in [0.1, 0.15) is 0 Å². The molecule has 0 unspecified atom stereocenters. The van der Waals surface area contributed by atoms with Gasteiger partial charge in [0.2, 0.25) is 5.95 Å². The topological polar surface area (TPSA) is 63.8 Å². The Morgan fingerprint density at radius 2 is 1.67 bits per heavy atom. The van der Waals surface area contributed by atoms with Crippen molar-refractivity contribution >= 4 is 68.2 Å². The molecule has 122 valence electrons. The first kappa shape index (κ1) is 17.3. The van der Waals surface area contributed by atoms with Crippen molar-refractivity contribution in [2.45, 2.75) is 0 Å². The summed E-state index contributed by atoms with van der Waals surface area (Å²) >= 11 is 21.8. The summed E-state index contributed by atoms with van der Waals surface area (Å²) in [5.74, 6) is 0.645. The van der Waals surface area contributed by atoms with Crippen LogP contribution in [0, 0.1) is 0 Å². The van der Waals surface area contributed by atoms with Gasteiger partial charge in [-0.3, -0.25) is 0 Å². The number of nitrogen functional groups attached to an aromatic ring is 1. The average molecular weight is 445 g/mol. The lowest BCUT2D eigenvalue weighted by atomic mass is 10.1. The number of halogens is 4. The first-order valence-corrected chi connectivity index (χ1v) is 8.67. The molecule has 3 aromatic rings. The summed E-state index contributed by atoms with van der Waals surface area (Å²) in [4.78, 5) is 8.41. The van der Waals surface area contributed by atoms with Crippen molar-refractivity contribution < 1.29 is 0 Å². The van der Waals surface area contributed by atoms with E-state index in [0.29, 0.717) is 32.1 Å². The van der Waals surface area contributed by atoms with E-state index >= 15 is 0 Å². The van der Waals surface area contributed by atoms with Crippen molar-refractivity contribution in [1.82, 2.24) is 9.97 Å². The minimum atomic E-state index is 0.110. The number of nitrogens with two attached hydrogens (primary N) is 1. The second kappa shape index (κ2) is 7.15. The van der Waals surface area contributed by atoms with Crippen molar-refractivity contribution in [2.24, 2.45) is 0 Å². The van der Waals surface area contributed by atoms with Gasteiger partial charge in [0.05, 0.1) is 15.7 Å². The lowest BCUT2D eigenvalue weighted by Gasteiger charge is -2.11. The van der Waals surface area contributed by atoms with E-state index in [1.165, 1.54) is 0 Å². The molecule has 3 rings (SSSR count). The SMILES string of the molecule is Nc1nc(Nc2ccc(Br)cc2)cc(-c2cc(Cl)cc(Cl)c2Cl)n1. The van der Waals surface area contributed by atoms with E-state index in [2.05, 4.69) is 31.2 Å². The summed E-state index contributed by atoms with van der Waals surface area (Å²) in [5.41, 5.74) is 7.79. The Morgan fingerprint density at radius 1 is 0.958 bits per heavy atom. The Balaban J connectivity index is 2.02. The summed E-state index contributed by atoms with van der Waals surface area (Å²) < 4.78 is 0.983. The molecule has 0 aliphatic rings. The zero-order valence-electron chi connectivity index (χ0n) is 12.0. The molecule has 0 aliphatic carbocycles. The van der Waals surface area contributed by atoms with Crippen LogP contribution in [0.2, 0.25) is 15.1 Å². The van der Waals surface area contributed by atoms with Gasteiger partial charge in [-0.1, -0.05) is 50.7 Å². The average Bonchev–Trinajstić information content (AvgIpc) is 2.52. The molecule has 2 aromatic carbocycles. The maximum absolute atomic E-state index is 6.26. The highest BCUT2D eigenvalue weighted by atomic mass is 79.9. The van der Waals surface area contributed by atoms with Gasteiger partial charge < -0.3 is 11.1 Å². The lowest BCUT2D eigenvalue weighted by Crippen LogP contribution is -2.01. The zero-order valence-corrected chi connectivity index (χ0v) is 15.9. The fraction of sp³-hybridized carbons (Fsp3) is 0. The summed E-state index contributed by atoms with van der Waals surface area (Å²) in [7, 11) is 0. The van der Waals surface area contributed by atoms with Gasteiger partial charge in [0.1, 0.15) is 5.82 Å². The van der Waals surface area contributed by atoms with E-state index in [0.717, 1.165) is 10.2 Å². The highest BCUT2D eigenvalue weighted by molar-refractivity contribution is 9.10. The van der Waals surface area contributed by atoms with Gasteiger partial charge in [-0.05, 0) is 36.4 Å². The first-order valence-electron chi connectivity index (χ1n) is 6.74. The fourth-order valence-electron chi connectivity index (χ4n) is 2.09. The maximum atomic E-state index is 6.26. The monoisotopic (exact) mass is 442 g/mol. The van der Waals surface area contributed by atoms with Gasteiger partial charge in [-0.2, -0.15) is 4.98 Å². The molecular weight excluding hydrogens is 434 g/mol. The van der Waals surface area contributed by atoms with Crippen LogP contribution in [-0.2, 0) is 0 Å². The Labute approximate surface area is 162 Å². The highest BCUT2D eigenvalue weighted by Crippen LogP contribution is 2.36. The van der Waals surface area contributed by atoms with Crippen molar-refractivity contribution in [3.05, 3.63) is 62.0 Å². The van der Waals surface area contributed by atoms with Crippen LogP contribution in [0.5, 0.6) is 0 Å². The molecule has 24 heavy (non-hydrogen) atoms. The molecule has 1 aromatic heterocycles. The van der Waals surface area contributed by atoms with E-state index in [1.807, 2.05) is 24.3 Å². The van der Waals surface area contributed by atoms with Crippen molar-refractivity contribution in [1.29, 1.82) is 0 Å². The van der Waals surface area contributed by atoms with Crippen LogP contribution in [-0.4, -0.2) is 9.97 Å². The highest BCUT2D eigenvalue weighted by Gasteiger charge is 2.13. The molecule has 4 nitrogen and oxygen atoms in total. The summed E-state index contributed by atoms with van der Waals surface area (Å²) in [6, 6.07) is 12.6. The van der Waals surface area contributed by atoms with Gasteiger partial charge >= 0.3 is 0 Å². The third kappa shape index (κ3) is 3.92. The van der Waals surface area contributed by atoms with E-state index in [4.69, 9.17) is 40.5 Å². The molecule has 0 amide bonds. The molecule has 0 bridgehead atoms. The third-order valence-electron chi connectivity index (χ3n) is 3.13. The third-order valence-corrected chi connectivity index (χ3v) is 4.68. The number of anilines is 3. The van der Waals surface area contributed by atoms with E-state index in [1.54, 1.807) is 18.2 Å². The minimum Gasteiger partial charge on any atom is -0.368 e. The van der Waals surface area contributed by atoms with Gasteiger partial charge in [0.25, 0.3) is 0 Å². The number of hydrogen-bond acceptors (Lipinski definition) is 4. The molecule has 0 saturated carbocycles. The largest absolute Gasteiger partial charge is 0.368 e. The number of aromatic nitrogens is 2. The fourth-order valence-corrected chi connectivity index (χ4v) is 3.06. The van der Waals surface area contributed by atoms with Crippen LogP contribution in [0.15, 0.2) is 46.9 Å². The van der Waals surface area contributed by atoms with Crippen molar-refractivity contribution in [2.75, 3.05) is 11.1 Å². The van der Waals surface area contributed by atoms with Crippen LogP contribution < -0.4 is 11.1 Å². The van der Waals surface area contributed by atoms with E-state index in [9.17, 15) is 0 Å². The van der Waals surface area contributed by atoms with Gasteiger partial charge in [0.15, 0.2) is 0 Å². The van der Waals surface area contributed by atoms with Gasteiger partial charge in [-0.15, -0.1) is 0 Å². The van der Waals surface area contributed by atoms with E-state index in [-0.39, 0.29) is 5.95 Å². The van der Waals surface area contributed by atoms with Crippen molar-refractivity contribution in [3.8, 4) is 11.3 Å². The summed E-state index contributed by atoms with van der Waals surface area (Å²) in [6.45, 7) is 0. The Morgan fingerprint density at radius 3 is 2.38 bits per heavy atom. The van der Waals surface area contributed by atoms with E-state index < -0.39 is 0 Å².